The maximum Gasteiger partial charge on any atom is 0.0891 e. The van der Waals surface area contributed by atoms with Crippen LogP contribution in [0.4, 0.5) is 0 Å². The van der Waals surface area contributed by atoms with Crippen LogP contribution in [-0.4, -0.2) is 5.66 Å². The van der Waals surface area contributed by atoms with Crippen LogP contribution in [0.3, 0.4) is 0 Å². The summed E-state index contributed by atoms with van der Waals surface area (Å²) in [5.74, 6) is 0.866. The molecule has 3 heteroatoms. The van der Waals surface area contributed by atoms with Crippen molar-refractivity contribution in [3.63, 3.8) is 0 Å². The smallest absolute Gasteiger partial charge is 0.0778 e. The van der Waals surface area contributed by atoms with Crippen molar-refractivity contribution in [2.45, 2.75) is 45.7 Å². The molecule has 0 aromatic carbocycles. The number of hydrogen-bond acceptors (Lipinski definition) is 0. The summed E-state index contributed by atoms with van der Waals surface area (Å²) in [7, 11) is 0. The second kappa shape index (κ2) is 3.00. The Balaban J connectivity index is 2.33. The van der Waals surface area contributed by atoms with Crippen molar-refractivity contribution in [1.82, 2.24) is 0 Å². The van der Waals surface area contributed by atoms with Crippen LogP contribution in [0.1, 0.15) is 40.0 Å². The van der Waals surface area contributed by atoms with Crippen LogP contribution >= 0.6 is 29.1 Å². The first kappa shape index (κ1) is 10.5. The SMILES string of the molecule is CC1(C)[C@@H]2CC[C@@]1(C)[C@@H](P(Cl)Cl)C2. The van der Waals surface area contributed by atoms with E-state index in [0.29, 0.717) is 16.5 Å². The van der Waals surface area contributed by atoms with Gasteiger partial charge >= 0.3 is 0 Å². The summed E-state index contributed by atoms with van der Waals surface area (Å²) in [5.41, 5.74) is 1.45. The van der Waals surface area contributed by atoms with Gasteiger partial charge in [-0.2, -0.15) is 0 Å². The van der Waals surface area contributed by atoms with E-state index < -0.39 is 6.63 Å². The van der Waals surface area contributed by atoms with Gasteiger partial charge in [-0.3, -0.25) is 0 Å². The number of halogens is 2. The molecule has 0 amide bonds. The van der Waals surface area contributed by atoms with Crippen molar-refractivity contribution in [3.8, 4) is 0 Å². The van der Waals surface area contributed by atoms with Crippen LogP contribution in [-0.2, 0) is 0 Å². The monoisotopic (exact) mass is 238 g/mol. The van der Waals surface area contributed by atoms with E-state index >= 15 is 0 Å². The molecule has 0 spiro atoms. The molecule has 0 radical (unpaired) electrons. The van der Waals surface area contributed by atoms with E-state index in [9.17, 15) is 0 Å². The predicted molar refractivity (Wildman–Crippen MR) is 61.6 cm³/mol. The maximum atomic E-state index is 6.13. The number of fused-ring (bicyclic) bond motifs is 2. The molecular formula is C10H17Cl2P. The Kier molecular flexibility index (Phi) is 2.43. The van der Waals surface area contributed by atoms with Crippen molar-refractivity contribution in [3.05, 3.63) is 0 Å². The number of rotatable bonds is 1. The molecule has 13 heavy (non-hydrogen) atoms. The van der Waals surface area contributed by atoms with Gasteiger partial charge in [0.05, 0.1) is 6.63 Å². The Labute approximate surface area is 91.7 Å². The molecule has 0 aromatic heterocycles. The molecule has 2 fully saturated rings. The van der Waals surface area contributed by atoms with Gasteiger partial charge in [0.1, 0.15) is 0 Å². The summed E-state index contributed by atoms with van der Waals surface area (Å²) in [5, 5.41) is 0. The topological polar surface area (TPSA) is 0 Å². The highest BCUT2D eigenvalue weighted by molar-refractivity contribution is 8.04. The van der Waals surface area contributed by atoms with E-state index in [-0.39, 0.29) is 0 Å². The van der Waals surface area contributed by atoms with Gasteiger partial charge in [-0.25, -0.2) is 0 Å². The van der Waals surface area contributed by atoms with Gasteiger partial charge in [0.25, 0.3) is 0 Å². The fraction of sp³-hybridized carbons (Fsp3) is 1.00. The molecule has 0 nitrogen and oxygen atoms in total. The molecule has 2 aliphatic carbocycles. The number of hydrogen-bond donors (Lipinski definition) is 0. The Morgan fingerprint density at radius 2 is 1.85 bits per heavy atom. The van der Waals surface area contributed by atoms with Crippen molar-refractivity contribution in [2.24, 2.45) is 16.7 Å². The van der Waals surface area contributed by atoms with E-state index in [2.05, 4.69) is 20.8 Å². The molecule has 2 bridgehead atoms. The summed E-state index contributed by atoms with van der Waals surface area (Å²) in [6.45, 7) is 6.41. The highest BCUT2D eigenvalue weighted by atomic mass is 35.9. The molecule has 2 aliphatic rings. The predicted octanol–water partition coefficient (Wildman–Crippen LogP) is 4.99. The molecule has 2 saturated carbocycles. The van der Waals surface area contributed by atoms with Crippen LogP contribution in [0.2, 0.25) is 0 Å². The third-order valence-corrected chi connectivity index (χ3v) is 7.65. The van der Waals surface area contributed by atoms with Gasteiger partial charge < -0.3 is 0 Å². The minimum absolute atomic E-state index is 0.410. The molecule has 0 unspecified atom stereocenters. The van der Waals surface area contributed by atoms with Crippen LogP contribution in [0.25, 0.3) is 0 Å². The first-order valence-corrected chi connectivity index (χ1v) is 8.22. The average Bonchev–Trinajstić information content (AvgIpc) is 2.34. The standard InChI is InChI=1S/C10H17Cl2P/c1-9(2)7-4-5-10(9,3)8(6-7)13(11)12/h7-8H,4-6H2,1-3H3/t7-,8+,10+/m1/s1. The Morgan fingerprint density at radius 3 is 2.08 bits per heavy atom. The van der Waals surface area contributed by atoms with Crippen LogP contribution in [0.15, 0.2) is 0 Å². The molecule has 0 N–H and O–H groups in total. The molecule has 2 rings (SSSR count). The first-order valence-electron chi connectivity index (χ1n) is 5.00. The zero-order valence-electron chi connectivity index (χ0n) is 8.48. The molecule has 0 saturated heterocycles. The van der Waals surface area contributed by atoms with E-state index in [4.69, 9.17) is 22.5 Å². The van der Waals surface area contributed by atoms with E-state index in [1.165, 1.54) is 19.3 Å². The van der Waals surface area contributed by atoms with Crippen LogP contribution in [0, 0.1) is 16.7 Å². The van der Waals surface area contributed by atoms with E-state index in [0.717, 1.165) is 5.92 Å². The van der Waals surface area contributed by atoms with E-state index in [1.54, 1.807) is 0 Å². The minimum Gasteiger partial charge on any atom is -0.0778 e. The lowest BCUT2D eigenvalue weighted by Gasteiger charge is -2.39. The summed E-state index contributed by atoms with van der Waals surface area (Å²) >= 11 is 12.3. The third kappa shape index (κ3) is 1.22. The second-order valence-corrected chi connectivity index (χ2v) is 9.23. The largest absolute Gasteiger partial charge is 0.0891 e. The third-order valence-electron chi connectivity index (χ3n) is 4.98. The Hall–Kier alpha value is 1.01. The minimum atomic E-state index is -0.779. The van der Waals surface area contributed by atoms with Gasteiger partial charge in [0.15, 0.2) is 0 Å². The van der Waals surface area contributed by atoms with Gasteiger partial charge in [-0.1, -0.05) is 43.3 Å². The van der Waals surface area contributed by atoms with Crippen LogP contribution < -0.4 is 0 Å². The fourth-order valence-electron chi connectivity index (χ4n) is 3.46. The lowest BCUT2D eigenvalue weighted by molar-refractivity contribution is 0.156. The molecule has 76 valence electrons. The van der Waals surface area contributed by atoms with Crippen molar-refractivity contribution >= 4 is 29.1 Å². The summed E-state index contributed by atoms with van der Waals surface area (Å²) in [6, 6.07) is 0. The Morgan fingerprint density at radius 1 is 1.23 bits per heavy atom. The molecule has 0 heterocycles. The summed E-state index contributed by atoms with van der Waals surface area (Å²) in [4.78, 5) is 0. The van der Waals surface area contributed by atoms with Gasteiger partial charge in [-0.15, -0.1) is 0 Å². The van der Waals surface area contributed by atoms with Crippen LogP contribution in [0.5, 0.6) is 0 Å². The molecular weight excluding hydrogens is 222 g/mol. The van der Waals surface area contributed by atoms with Gasteiger partial charge in [-0.05, 0) is 36.0 Å². The summed E-state index contributed by atoms with van der Waals surface area (Å²) in [6.07, 6.45) is 3.98. The summed E-state index contributed by atoms with van der Waals surface area (Å²) < 4.78 is 0. The fourth-order valence-corrected chi connectivity index (χ4v) is 6.53. The zero-order chi connectivity index (χ0) is 9.85. The van der Waals surface area contributed by atoms with Crippen molar-refractivity contribution in [2.75, 3.05) is 0 Å². The lowest BCUT2D eigenvalue weighted by Crippen LogP contribution is -2.33. The maximum absolute atomic E-state index is 6.13. The quantitative estimate of drug-likeness (QED) is 0.565. The second-order valence-electron chi connectivity index (χ2n) is 5.39. The van der Waals surface area contributed by atoms with E-state index in [1.807, 2.05) is 0 Å². The van der Waals surface area contributed by atoms with Gasteiger partial charge in [0.2, 0.25) is 0 Å². The van der Waals surface area contributed by atoms with Crippen molar-refractivity contribution in [1.29, 1.82) is 0 Å². The normalized spacial score (nSPS) is 47.5. The molecule has 0 aromatic rings. The Bertz CT molecular complexity index is 227. The molecule has 0 aliphatic heterocycles. The first-order chi connectivity index (χ1) is 5.89. The van der Waals surface area contributed by atoms with Gasteiger partial charge in [0, 0.05) is 5.66 Å². The highest BCUT2D eigenvalue weighted by Crippen LogP contribution is 2.75. The molecule has 3 atom stereocenters. The van der Waals surface area contributed by atoms with Crippen molar-refractivity contribution < 1.29 is 0 Å². The average molecular weight is 239 g/mol. The lowest BCUT2D eigenvalue weighted by atomic mass is 9.71. The highest BCUT2D eigenvalue weighted by Gasteiger charge is 2.62. The zero-order valence-corrected chi connectivity index (χ0v) is 10.9.